The van der Waals surface area contributed by atoms with Crippen LogP contribution in [0.5, 0.6) is 0 Å². The van der Waals surface area contributed by atoms with Crippen LogP contribution in [0.3, 0.4) is 0 Å². The van der Waals surface area contributed by atoms with Crippen LogP contribution in [0.1, 0.15) is 44.4 Å². The summed E-state index contributed by atoms with van der Waals surface area (Å²) in [6.45, 7) is 6.63. The van der Waals surface area contributed by atoms with Gasteiger partial charge in [-0.15, -0.1) is 0 Å². The Morgan fingerprint density at radius 2 is 2.05 bits per heavy atom. The molecule has 1 heterocycles. The van der Waals surface area contributed by atoms with E-state index in [9.17, 15) is 0 Å². The van der Waals surface area contributed by atoms with Crippen molar-refractivity contribution in [2.45, 2.75) is 46.1 Å². The van der Waals surface area contributed by atoms with Gasteiger partial charge in [0.2, 0.25) is 0 Å². The number of hydrogen-bond acceptors (Lipinski definition) is 3. The van der Waals surface area contributed by atoms with E-state index in [1.54, 1.807) is 0 Å². The van der Waals surface area contributed by atoms with Gasteiger partial charge in [0.05, 0.1) is 11.3 Å². The van der Waals surface area contributed by atoms with Gasteiger partial charge < -0.3 is 11.1 Å². The van der Waals surface area contributed by atoms with Crippen molar-refractivity contribution in [2.24, 2.45) is 24.6 Å². The van der Waals surface area contributed by atoms with Gasteiger partial charge in [-0.25, -0.2) is 0 Å². The molecule has 0 amide bonds. The highest BCUT2D eigenvalue weighted by molar-refractivity contribution is 7.80. The fraction of sp³-hybridized carbons (Fsp3) is 0.714. The predicted octanol–water partition coefficient (Wildman–Crippen LogP) is 2.60. The predicted molar refractivity (Wildman–Crippen MR) is 83.4 cm³/mol. The fourth-order valence-electron chi connectivity index (χ4n) is 2.99. The number of thiocarbonyl (C=S) groups is 1. The third kappa shape index (κ3) is 2.91. The van der Waals surface area contributed by atoms with E-state index in [1.165, 1.54) is 19.3 Å². The minimum absolute atomic E-state index is 0.422. The Kier molecular flexibility index (Phi) is 4.13. The molecule has 4 nitrogen and oxygen atoms in total. The van der Waals surface area contributed by atoms with Crippen LogP contribution >= 0.6 is 12.2 Å². The quantitative estimate of drug-likeness (QED) is 0.836. The average Bonchev–Trinajstić information content (AvgIpc) is 2.59. The van der Waals surface area contributed by atoms with Gasteiger partial charge in [-0.3, -0.25) is 4.68 Å². The Morgan fingerprint density at radius 3 is 2.63 bits per heavy atom. The summed E-state index contributed by atoms with van der Waals surface area (Å²) >= 11 is 5.14. The first-order valence-electron chi connectivity index (χ1n) is 7.00. The topological polar surface area (TPSA) is 55.9 Å². The third-order valence-electron chi connectivity index (χ3n) is 4.41. The summed E-state index contributed by atoms with van der Waals surface area (Å²) in [4.78, 5) is 0.422. The second-order valence-corrected chi connectivity index (χ2v) is 6.35. The Balaban J connectivity index is 2.17. The first kappa shape index (κ1) is 14.3. The maximum absolute atomic E-state index is 5.82. The van der Waals surface area contributed by atoms with Crippen molar-refractivity contribution in [3.05, 3.63) is 11.3 Å². The molecule has 3 atom stereocenters. The summed E-state index contributed by atoms with van der Waals surface area (Å²) in [5, 5.41) is 8.02. The Hall–Kier alpha value is -1.10. The Bertz CT molecular complexity index is 480. The van der Waals surface area contributed by atoms with Crippen LogP contribution in [0.4, 0.5) is 5.82 Å². The zero-order valence-electron chi connectivity index (χ0n) is 12.2. The van der Waals surface area contributed by atoms with E-state index in [1.807, 2.05) is 18.7 Å². The molecule has 1 aromatic heterocycles. The molecular formula is C14H24N4S. The summed E-state index contributed by atoms with van der Waals surface area (Å²) in [5.41, 5.74) is 7.61. The molecule has 0 radical (unpaired) electrons. The maximum Gasteiger partial charge on any atom is 0.134 e. The normalized spacial score (nSPS) is 27.3. The number of nitrogens with two attached hydrogens (primary N) is 1. The fourth-order valence-corrected chi connectivity index (χ4v) is 3.24. The summed E-state index contributed by atoms with van der Waals surface area (Å²) < 4.78 is 1.85. The van der Waals surface area contributed by atoms with E-state index in [2.05, 4.69) is 24.3 Å². The highest BCUT2D eigenvalue weighted by Crippen LogP contribution is 2.32. The summed E-state index contributed by atoms with van der Waals surface area (Å²) in [6, 6.07) is 0.495. The average molecular weight is 280 g/mol. The van der Waals surface area contributed by atoms with E-state index in [0.717, 1.165) is 28.9 Å². The second kappa shape index (κ2) is 5.49. The lowest BCUT2D eigenvalue weighted by molar-refractivity contribution is 0.260. The molecule has 0 spiro atoms. The first-order valence-corrected chi connectivity index (χ1v) is 7.41. The Morgan fingerprint density at radius 1 is 1.37 bits per heavy atom. The van der Waals surface area contributed by atoms with Crippen molar-refractivity contribution in [3.63, 3.8) is 0 Å². The van der Waals surface area contributed by atoms with Crippen LogP contribution in [0.15, 0.2) is 0 Å². The highest BCUT2D eigenvalue weighted by Gasteiger charge is 2.26. The zero-order chi connectivity index (χ0) is 14.2. The van der Waals surface area contributed by atoms with Crippen LogP contribution in [0.2, 0.25) is 0 Å². The van der Waals surface area contributed by atoms with Gasteiger partial charge in [-0.2, -0.15) is 5.10 Å². The smallest absolute Gasteiger partial charge is 0.134 e. The number of nitrogens with one attached hydrogen (secondary N) is 1. The summed E-state index contributed by atoms with van der Waals surface area (Å²) in [6.07, 6.45) is 3.67. The lowest BCUT2D eigenvalue weighted by Crippen LogP contribution is -2.31. The first-order chi connectivity index (χ1) is 8.90. The van der Waals surface area contributed by atoms with Crippen LogP contribution in [0.25, 0.3) is 0 Å². The number of aryl methyl sites for hydroxylation is 2. The number of aromatic nitrogens is 2. The zero-order valence-corrected chi connectivity index (χ0v) is 13.0. The molecule has 3 unspecified atom stereocenters. The summed E-state index contributed by atoms with van der Waals surface area (Å²) in [7, 11) is 1.94. The molecule has 0 saturated heterocycles. The molecule has 1 aliphatic rings. The molecule has 2 rings (SSSR count). The number of hydrogen-bond donors (Lipinski definition) is 2. The van der Waals surface area contributed by atoms with Gasteiger partial charge in [-0.05, 0) is 38.0 Å². The molecule has 0 bridgehead atoms. The minimum Gasteiger partial charge on any atom is -0.389 e. The molecule has 0 aliphatic heterocycles. The van der Waals surface area contributed by atoms with Gasteiger partial charge in [0.25, 0.3) is 0 Å². The molecule has 1 fully saturated rings. The molecular weight excluding hydrogens is 256 g/mol. The van der Waals surface area contributed by atoms with Crippen LogP contribution in [-0.4, -0.2) is 20.8 Å². The number of nitrogens with zero attached hydrogens (tertiary/aromatic N) is 2. The van der Waals surface area contributed by atoms with Gasteiger partial charge in [0.1, 0.15) is 10.8 Å². The van der Waals surface area contributed by atoms with E-state index in [4.69, 9.17) is 18.0 Å². The molecule has 106 valence electrons. The number of rotatable bonds is 3. The van der Waals surface area contributed by atoms with Crippen LogP contribution < -0.4 is 11.1 Å². The third-order valence-corrected chi connectivity index (χ3v) is 4.61. The molecule has 5 heteroatoms. The maximum atomic E-state index is 5.82. The van der Waals surface area contributed by atoms with E-state index < -0.39 is 0 Å². The van der Waals surface area contributed by atoms with Gasteiger partial charge in [0.15, 0.2) is 0 Å². The van der Waals surface area contributed by atoms with E-state index in [0.29, 0.717) is 11.0 Å². The standard InChI is InChI=1S/C14H24N4S/c1-8-5-6-11(7-9(8)2)16-14-12(13(15)19)10(3)17-18(14)4/h8-9,11,16H,5-7H2,1-4H3,(H2,15,19). The number of anilines is 1. The molecule has 19 heavy (non-hydrogen) atoms. The SMILES string of the molecule is Cc1nn(C)c(NC2CCC(C)C(C)C2)c1C(N)=S. The van der Waals surface area contributed by atoms with E-state index >= 15 is 0 Å². The molecule has 1 saturated carbocycles. The van der Waals surface area contributed by atoms with Crippen molar-refractivity contribution in [1.82, 2.24) is 9.78 Å². The lowest BCUT2D eigenvalue weighted by atomic mass is 9.79. The van der Waals surface area contributed by atoms with Gasteiger partial charge in [0, 0.05) is 13.1 Å². The second-order valence-electron chi connectivity index (χ2n) is 5.91. The molecule has 0 aromatic carbocycles. The monoisotopic (exact) mass is 280 g/mol. The van der Waals surface area contributed by atoms with Crippen LogP contribution in [-0.2, 0) is 7.05 Å². The van der Waals surface area contributed by atoms with Crippen molar-refractivity contribution >= 4 is 23.0 Å². The van der Waals surface area contributed by atoms with Crippen LogP contribution in [0, 0.1) is 18.8 Å². The van der Waals surface area contributed by atoms with E-state index in [-0.39, 0.29) is 0 Å². The molecule has 1 aliphatic carbocycles. The van der Waals surface area contributed by atoms with Gasteiger partial charge in [-0.1, -0.05) is 26.1 Å². The van der Waals surface area contributed by atoms with Crippen molar-refractivity contribution in [1.29, 1.82) is 0 Å². The highest BCUT2D eigenvalue weighted by atomic mass is 32.1. The van der Waals surface area contributed by atoms with Gasteiger partial charge >= 0.3 is 0 Å². The largest absolute Gasteiger partial charge is 0.389 e. The summed E-state index contributed by atoms with van der Waals surface area (Å²) in [5.74, 6) is 2.55. The molecule has 3 N–H and O–H groups in total. The minimum atomic E-state index is 0.422. The molecule has 1 aromatic rings. The van der Waals surface area contributed by atoms with Crippen molar-refractivity contribution in [3.8, 4) is 0 Å². The van der Waals surface area contributed by atoms with Crippen molar-refractivity contribution < 1.29 is 0 Å². The van der Waals surface area contributed by atoms with Crippen molar-refractivity contribution in [2.75, 3.05) is 5.32 Å². The lowest BCUT2D eigenvalue weighted by Gasteiger charge is -2.33. The Labute approximate surface area is 120 Å².